The maximum Gasteiger partial charge on any atom is 0.263 e. The van der Waals surface area contributed by atoms with E-state index >= 15 is 0 Å². The third-order valence-electron chi connectivity index (χ3n) is 11.9. The molecule has 2 aromatic carbocycles. The maximum atomic E-state index is 13.5. The molecule has 0 bridgehead atoms. The summed E-state index contributed by atoms with van der Waals surface area (Å²) in [6.45, 7) is 5.79. The van der Waals surface area contributed by atoms with Crippen LogP contribution in [0.15, 0.2) is 78.0 Å². The van der Waals surface area contributed by atoms with Crippen LogP contribution in [0.2, 0.25) is 0 Å². The minimum atomic E-state index is -1.04. The molecule has 16 heteroatoms. The number of carbonyl (C=O) groups excluding carboxylic acids is 7. The highest BCUT2D eigenvalue weighted by Gasteiger charge is 2.45. The van der Waals surface area contributed by atoms with Crippen molar-refractivity contribution in [3.05, 3.63) is 95.3 Å². The monoisotopic (exact) mass is 863 g/mol. The van der Waals surface area contributed by atoms with Crippen molar-refractivity contribution in [3.63, 3.8) is 0 Å². The van der Waals surface area contributed by atoms with E-state index in [1.165, 1.54) is 17.8 Å². The van der Waals surface area contributed by atoms with Gasteiger partial charge in [-0.15, -0.1) is 11.8 Å². The zero-order chi connectivity index (χ0) is 43.6. The second-order valence-corrected chi connectivity index (χ2v) is 17.2. The number of anilines is 1. The van der Waals surface area contributed by atoms with Crippen molar-refractivity contribution in [2.75, 3.05) is 56.5 Å². The number of nitrogens with one attached hydrogen (secondary N) is 3. The first-order valence-electron chi connectivity index (χ1n) is 21.4. The highest BCUT2D eigenvalue weighted by molar-refractivity contribution is 7.99. The molecule has 3 fully saturated rings. The van der Waals surface area contributed by atoms with Gasteiger partial charge in [0.15, 0.2) is 5.78 Å². The number of benzene rings is 2. The van der Waals surface area contributed by atoms with Crippen LogP contribution in [-0.2, 0) is 23.9 Å². The number of likely N-dealkylation sites (tertiary alicyclic amines) is 1. The number of imide groups is 2. The van der Waals surface area contributed by atoms with Crippen molar-refractivity contribution < 1.29 is 38.3 Å². The summed E-state index contributed by atoms with van der Waals surface area (Å²) in [6.07, 6.45) is 11.1. The number of rotatable bonds is 17. The largest absolute Gasteiger partial charge is 0.370 e. The van der Waals surface area contributed by atoms with Crippen molar-refractivity contribution in [2.45, 2.75) is 75.0 Å². The molecule has 5 heterocycles. The number of ether oxygens (including phenoxy) is 1. The summed E-state index contributed by atoms with van der Waals surface area (Å²) in [7, 11) is 0. The van der Waals surface area contributed by atoms with Gasteiger partial charge in [0.05, 0.1) is 23.8 Å². The fraction of sp³-hybridized carbons (Fsp3) is 0.435. The van der Waals surface area contributed by atoms with Gasteiger partial charge in [0.2, 0.25) is 17.7 Å². The number of carbonyl (C=O) groups is 7. The quantitative estimate of drug-likeness (QED) is 0.0771. The highest BCUT2D eigenvalue weighted by atomic mass is 32.2. The minimum Gasteiger partial charge on any atom is -0.370 e. The molecule has 4 aliphatic heterocycles. The third-order valence-corrected chi connectivity index (χ3v) is 12.9. The van der Waals surface area contributed by atoms with Gasteiger partial charge in [0, 0.05) is 86.1 Å². The smallest absolute Gasteiger partial charge is 0.263 e. The van der Waals surface area contributed by atoms with Gasteiger partial charge in [-0.25, -0.2) is 0 Å². The van der Waals surface area contributed by atoms with Crippen molar-refractivity contribution in [1.29, 1.82) is 0 Å². The molecule has 326 valence electrons. The molecule has 15 nitrogen and oxygen atoms in total. The minimum absolute atomic E-state index is 0.0282. The summed E-state index contributed by atoms with van der Waals surface area (Å²) in [5.74, 6) is -1.38. The molecule has 4 aliphatic rings. The summed E-state index contributed by atoms with van der Waals surface area (Å²) in [5.41, 5.74) is 2.91. The summed E-state index contributed by atoms with van der Waals surface area (Å²) in [6, 6.07) is 14.8. The number of piperidine rings is 2. The van der Waals surface area contributed by atoms with Crippen LogP contribution in [-0.4, -0.2) is 126 Å². The zero-order valence-electron chi connectivity index (χ0n) is 34.9. The number of thioether (sulfide) groups is 1. The van der Waals surface area contributed by atoms with Crippen LogP contribution in [0.5, 0.6) is 0 Å². The number of unbranched alkanes of at least 4 members (excludes halogenated alkanes) is 1. The van der Waals surface area contributed by atoms with Crippen molar-refractivity contribution >= 4 is 64.8 Å². The van der Waals surface area contributed by atoms with Crippen LogP contribution in [0.25, 0.3) is 6.08 Å². The normalized spacial score (nSPS) is 20.0. The molecule has 3 N–H and O–H groups in total. The first kappa shape index (κ1) is 44.3. The first-order valence-corrected chi connectivity index (χ1v) is 22.4. The van der Waals surface area contributed by atoms with Crippen molar-refractivity contribution in [2.24, 2.45) is 5.92 Å². The van der Waals surface area contributed by atoms with Crippen molar-refractivity contribution in [3.8, 4) is 0 Å². The maximum absolute atomic E-state index is 13.5. The van der Waals surface area contributed by atoms with Gasteiger partial charge in [-0.2, -0.15) is 0 Å². The molecule has 3 atom stereocenters. The Hall–Kier alpha value is -5.71. The average Bonchev–Trinajstić information content (AvgIpc) is 3.55. The van der Waals surface area contributed by atoms with E-state index in [-0.39, 0.29) is 48.2 Å². The molecule has 0 aliphatic carbocycles. The summed E-state index contributed by atoms with van der Waals surface area (Å²) in [5, 5.41) is 8.47. The predicted molar refractivity (Wildman–Crippen MR) is 233 cm³/mol. The Labute approximate surface area is 365 Å². The summed E-state index contributed by atoms with van der Waals surface area (Å²) in [4.78, 5) is 99.3. The average molecular weight is 864 g/mol. The van der Waals surface area contributed by atoms with Gasteiger partial charge < -0.3 is 25.2 Å². The molecular weight excluding hydrogens is 811 g/mol. The van der Waals surface area contributed by atoms with Crippen LogP contribution in [0.3, 0.4) is 0 Å². The molecule has 1 aromatic heterocycles. The molecule has 0 spiro atoms. The fourth-order valence-electron chi connectivity index (χ4n) is 8.42. The van der Waals surface area contributed by atoms with E-state index in [4.69, 9.17) is 4.74 Å². The number of hydrogen-bond donors (Lipinski definition) is 3. The predicted octanol–water partition coefficient (Wildman–Crippen LogP) is 3.88. The van der Waals surface area contributed by atoms with E-state index in [2.05, 4.69) is 25.8 Å². The molecule has 3 unspecified atom stereocenters. The molecule has 3 saturated heterocycles. The van der Waals surface area contributed by atoms with Gasteiger partial charge in [0.1, 0.15) is 12.1 Å². The van der Waals surface area contributed by atoms with Crippen LogP contribution >= 0.6 is 11.8 Å². The summed E-state index contributed by atoms with van der Waals surface area (Å²) >= 11 is 1.33. The Morgan fingerprint density at radius 1 is 0.968 bits per heavy atom. The van der Waals surface area contributed by atoms with E-state index in [1.807, 2.05) is 41.3 Å². The Morgan fingerprint density at radius 3 is 2.53 bits per heavy atom. The number of pyridine rings is 1. The van der Waals surface area contributed by atoms with Crippen LogP contribution in [0, 0.1) is 5.92 Å². The second kappa shape index (κ2) is 20.9. The SMILES string of the molecule is CC(OCCSc1cccc2c1C(=O)N(C1CCC(=O)NC1=O)C2=O)C(=O)C1CN(c2ccc(C(=O)N3CCC(CCCCNC(=O)/C=C/c4cccnc4)CC3)cc2)CCN1. The number of Topliss-reactive ketones (excluding diaryl/α,β-unsaturated/α-hetero) is 1. The van der Waals surface area contributed by atoms with E-state index in [1.54, 1.807) is 43.6 Å². The third kappa shape index (κ3) is 10.8. The number of hydrogen-bond acceptors (Lipinski definition) is 12. The number of piperazine rings is 1. The van der Waals surface area contributed by atoms with E-state index in [9.17, 15) is 33.6 Å². The Morgan fingerprint density at radius 2 is 1.77 bits per heavy atom. The molecule has 3 aromatic rings. The lowest BCUT2D eigenvalue weighted by atomic mass is 9.91. The lowest BCUT2D eigenvalue weighted by Gasteiger charge is -2.35. The Kier molecular flexibility index (Phi) is 15.0. The summed E-state index contributed by atoms with van der Waals surface area (Å²) < 4.78 is 5.95. The first-order chi connectivity index (χ1) is 30.1. The lowest BCUT2D eigenvalue weighted by Crippen LogP contribution is -2.56. The van der Waals surface area contributed by atoms with E-state index in [0.717, 1.165) is 61.3 Å². The standard InChI is InChI=1S/C46H53N7O8S/c1-30(61-26-27-62-38-9-4-8-35-41(38)46(60)53(45(35)59)37-15-17-40(55)50-43(37)57)42(56)36-29-52(25-22-48-36)34-13-11-33(12-14-34)44(58)51-23-18-31(19-24-51)6-2-3-21-49-39(54)16-10-32-7-5-20-47-28-32/h4-5,7-14,16,20,28,30-31,36-37,48H,2-3,6,15,17-19,21-27,29H2,1H3,(H,49,54)(H,50,55,57)/b16-10+. The van der Waals surface area contributed by atoms with Gasteiger partial charge in [0.25, 0.3) is 17.7 Å². The highest BCUT2D eigenvalue weighted by Crippen LogP contribution is 2.34. The molecule has 62 heavy (non-hydrogen) atoms. The fourth-order valence-corrected chi connectivity index (χ4v) is 9.33. The number of nitrogens with zero attached hydrogens (tertiary/aromatic N) is 4. The molecule has 7 rings (SSSR count). The number of ketones is 1. The molecule has 0 radical (unpaired) electrons. The Bertz CT molecular complexity index is 2180. The molecular formula is C46H53N7O8S. The van der Waals surface area contributed by atoms with Crippen LogP contribution in [0.1, 0.15) is 88.5 Å². The Balaban J connectivity index is 0.803. The lowest BCUT2D eigenvalue weighted by molar-refractivity contribution is -0.136. The van der Waals surface area contributed by atoms with E-state index in [0.29, 0.717) is 48.3 Å². The van der Waals surface area contributed by atoms with Gasteiger partial charge in [-0.1, -0.05) is 25.0 Å². The number of fused-ring (bicyclic) bond motifs is 1. The number of aromatic nitrogens is 1. The zero-order valence-corrected chi connectivity index (χ0v) is 35.7. The molecule has 6 amide bonds. The molecule has 0 saturated carbocycles. The van der Waals surface area contributed by atoms with Gasteiger partial charge >= 0.3 is 0 Å². The van der Waals surface area contributed by atoms with Crippen molar-refractivity contribution in [1.82, 2.24) is 30.7 Å². The van der Waals surface area contributed by atoms with Crippen LogP contribution < -0.4 is 20.9 Å². The van der Waals surface area contributed by atoms with Crippen LogP contribution in [0.4, 0.5) is 5.69 Å². The second-order valence-electron chi connectivity index (χ2n) is 16.0. The van der Waals surface area contributed by atoms with E-state index < -0.39 is 41.8 Å². The van der Waals surface area contributed by atoms with Gasteiger partial charge in [-0.3, -0.25) is 48.8 Å². The van der Waals surface area contributed by atoms with Gasteiger partial charge in [-0.05, 0) is 92.6 Å². The number of amides is 6. The topological polar surface area (TPSA) is 187 Å².